The molecule has 2 aromatic rings. The van der Waals surface area contributed by atoms with E-state index in [-0.39, 0.29) is 11.7 Å². The number of aromatic amines is 1. The summed E-state index contributed by atoms with van der Waals surface area (Å²) in [5.41, 5.74) is 0.477. The third kappa shape index (κ3) is 1.73. The zero-order valence-electron chi connectivity index (χ0n) is 9.67. The maximum absolute atomic E-state index is 13.3. The van der Waals surface area contributed by atoms with Crippen molar-refractivity contribution in [3.63, 3.8) is 0 Å². The number of nitrogens with zero attached hydrogens (tertiary/aromatic N) is 1. The van der Waals surface area contributed by atoms with E-state index in [9.17, 15) is 13.6 Å². The van der Waals surface area contributed by atoms with Crippen LogP contribution in [0.25, 0.3) is 11.0 Å². The minimum Gasteiger partial charge on any atom is -0.317 e. The van der Waals surface area contributed by atoms with Crippen LogP contribution in [-0.2, 0) is 0 Å². The number of halogens is 2. The number of benzene rings is 1. The highest BCUT2D eigenvalue weighted by Gasteiger charge is 2.20. The first-order chi connectivity index (χ1) is 8.66. The maximum Gasteiger partial charge on any atom is 0.326 e. The van der Waals surface area contributed by atoms with Gasteiger partial charge in [0.05, 0.1) is 11.0 Å². The SMILES string of the molecule is O=c1[nH]c2cc(F)c(F)cc2n1C1CCNCC1. The van der Waals surface area contributed by atoms with Crippen molar-refractivity contribution < 1.29 is 8.78 Å². The molecule has 2 heterocycles. The lowest BCUT2D eigenvalue weighted by Crippen LogP contribution is -2.33. The van der Waals surface area contributed by atoms with E-state index in [1.54, 1.807) is 4.57 Å². The average Bonchev–Trinajstić information content (AvgIpc) is 2.66. The predicted molar refractivity (Wildman–Crippen MR) is 63.6 cm³/mol. The number of H-pyrrole nitrogens is 1. The van der Waals surface area contributed by atoms with Crippen LogP contribution in [-0.4, -0.2) is 22.6 Å². The van der Waals surface area contributed by atoms with Crippen molar-refractivity contribution in [2.24, 2.45) is 0 Å². The molecular weight excluding hydrogens is 240 g/mol. The molecule has 1 aromatic heterocycles. The van der Waals surface area contributed by atoms with Crippen LogP contribution in [0.1, 0.15) is 18.9 Å². The van der Waals surface area contributed by atoms with E-state index in [1.165, 1.54) is 0 Å². The molecule has 2 N–H and O–H groups in total. The van der Waals surface area contributed by atoms with Crippen molar-refractivity contribution in [2.45, 2.75) is 18.9 Å². The van der Waals surface area contributed by atoms with Crippen molar-refractivity contribution in [3.8, 4) is 0 Å². The lowest BCUT2D eigenvalue weighted by atomic mass is 10.1. The van der Waals surface area contributed by atoms with Crippen molar-refractivity contribution in [1.82, 2.24) is 14.9 Å². The molecule has 1 saturated heterocycles. The summed E-state index contributed by atoms with van der Waals surface area (Å²) in [7, 11) is 0. The van der Waals surface area contributed by atoms with Crippen molar-refractivity contribution in [2.75, 3.05) is 13.1 Å². The number of piperidine rings is 1. The summed E-state index contributed by atoms with van der Waals surface area (Å²) in [5.74, 6) is -1.87. The monoisotopic (exact) mass is 253 g/mol. The number of hydrogen-bond acceptors (Lipinski definition) is 2. The third-order valence-corrected chi connectivity index (χ3v) is 3.43. The number of rotatable bonds is 1. The van der Waals surface area contributed by atoms with Gasteiger partial charge in [0, 0.05) is 18.2 Å². The molecule has 3 rings (SSSR count). The Morgan fingerprint density at radius 3 is 2.56 bits per heavy atom. The molecule has 1 fully saturated rings. The Morgan fingerprint density at radius 1 is 1.17 bits per heavy atom. The highest BCUT2D eigenvalue weighted by Crippen LogP contribution is 2.23. The van der Waals surface area contributed by atoms with E-state index in [1.807, 2.05) is 0 Å². The minimum atomic E-state index is -0.943. The van der Waals surface area contributed by atoms with Crippen LogP contribution in [0.15, 0.2) is 16.9 Å². The van der Waals surface area contributed by atoms with Crippen LogP contribution in [0.2, 0.25) is 0 Å². The highest BCUT2D eigenvalue weighted by atomic mass is 19.2. The fourth-order valence-electron chi connectivity index (χ4n) is 2.55. The standard InChI is InChI=1S/C12H13F2N3O/c13-8-5-10-11(6-9(8)14)17(12(18)16-10)7-1-3-15-4-2-7/h5-7,15H,1-4H2,(H,16,18). The molecule has 0 aliphatic carbocycles. The smallest absolute Gasteiger partial charge is 0.317 e. The highest BCUT2D eigenvalue weighted by molar-refractivity contribution is 5.75. The lowest BCUT2D eigenvalue weighted by Gasteiger charge is -2.23. The number of aromatic nitrogens is 2. The largest absolute Gasteiger partial charge is 0.326 e. The van der Waals surface area contributed by atoms with Gasteiger partial charge in [-0.25, -0.2) is 13.6 Å². The average molecular weight is 253 g/mol. The number of hydrogen-bond donors (Lipinski definition) is 2. The van der Waals surface area contributed by atoms with Crippen molar-refractivity contribution in [1.29, 1.82) is 0 Å². The van der Waals surface area contributed by atoms with Crippen LogP contribution in [0.5, 0.6) is 0 Å². The Hall–Kier alpha value is -1.69. The summed E-state index contributed by atoms with van der Waals surface area (Å²) in [4.78, 5) is 14.5. The molecule has 1 aliphatic heterocycles. The first-order valence-electron chi connectivity index (χ1n) is 5.97. The molecule has 1 aromatic carbocycles. The molecule has 6 heteroatoms. The summed E-state index contributed by atoms with van der Waals surface area (Å²) in [6.45, 7) is 1.65. The van der Waals surface area contributed by atoms with Gasteiger partial charge in [-0.1, -0.05) is 0 Å². The Kier molecular flexibility index (Phi) is 2.66. The molecule has 0 bridgehead atoms. The summed E-state index contributed by atoms with van der Waals surface area (Å²) in [6, 6.07) is 2.16. The number of nitrogens with one attached hydrogen (secondary N) is 2. The van der Waals surface area contributed by atoms with Crippen LogP contribution in [0.4, 0.5) is 8.78 Å². The quantitative estimate of drug-likeness (QED) is 0.809. The van der Waals surface area contributed by atoms with Gasteiger partial charge in [0.15, 0.2) is 11.6 Å². The van der Waals surface area contributed by atoms with E-state index in [0.717, 1.165) is 38.1 Å². The summed E-state index contributed by atoms with van der Waals surface area (Å²) < 4.78 is 27.9. The zero-order valence-corrected chi connectivity index (χ0v) is 9.67. The van der Waals surface area contributed by atoms with Crippen LogP contribution >= 0.6 is 0 Å². The Bertz CT molecular complexity index is 641. The Balaban J connectivity index is 2.18. The molecule has 0 amide bonds. The topological polar surface area (TPSA) is 49.8 Å². The zero-order chi connectivity index (χ0) is 12.7. The van der Waals surface area contributed by atoms with E-state index in [4.69, 9.17) is 0 Å². The summed E-state index contributed by atoms with van der Waals surface area (Å²) >= 11 is 0. The second kappa shape index (κ2) is 4.20. The molecule has 0 radical (unpaired) electrons. The van der Waals surface area contributed by atoms with Gasteiger partial charge in [0.25, 0.3) is 0 Å². The Labute approximate surface area is 102 Å². The second-order valence-electron chi connectivity index (χ2n) is 4.56. The van der Waals surface area contributed by atoms with Crippen LogP contribution < -0.4 is 11.0 Å². The lowest BCUT2D eigenvalue weighted by molar-refractivity contribution is 0.368. The second-order valence-corrected chi connectivity index (χ2v) is 4.56. The third-order valence-electron chi connectivity index (χ3n) is 3.43. The predicted octanol–water partition coefficient (Wildman–Crippen LogP) is 1.53. The fourth-order valence-corrected chi connectivity index (χ4v) is 2.55. The molecule has 1 aliphatic rings. The van der Waals surface area contributed by atoms with Gasteiger partial charge in [-0.15, -0.1) is 0 Å². The Morgan fingerprint density at radius 2 is 1.83 bits per heavy atom. The van der Waals surface area contributed by atoms with E-state index < -0.39 is 11.6 Å². The van der Waals surface area contributed by atoms with Crippen LogP contribution in [0, 0.1) is 11.6 Å². The van der Waals surface area contributed by atoms with E-state index in [0.29, 0.717) is 11.0 Å². The van der Waals surface area contributed by atoms with Gasteiger partial charge in [0.2, 0.25) is 0 Å². The first kappa shape index (κ1) is 11.4. The van der Waals surface area contributed by atoms with Crippen molar-refractivity contribution >= 4 is 11.0 Å². The molecule has 0 unspecified atom stereocenters. The molecule has 4 nitrogen and oxygen atoms in total. The van der Waals surface area contributed by atoms with E-state index >= 15 is 0 Å². The van der Waals surface area contributed by atoms with Gasteiger partial charge in [-0.05, 0) is 25.9 Å². The summed E-state index contributed by atoms with van der Waals surface area (Å²) in [6.07, 6.45) is 1.62. The first-order valence-corrected chi connectivity index (χ1v) is 5.97. The maximum atomic E-state index is 13.3. The molecular formula is C12H13F2N3O. The van der Waals surface area contributed by atoms with Gasteiger partial charge in [-0.2, -0.15) is 0 Å². The molecule has 0 spiro atoms. The molecule has 0 atom stereocenters. The molecule has 96 valence electrons. The summed E-state index contributed by atoms with van der Waals surface area (Å²) in [5, 5.41) is 3.21. The van der Waals surface area contributed by atoms with Crippen molar-refractivity contribution in [3.05, 3.63) is 34.3 Å². The number of imidazole rings is 1. The van der Waals surface area contributed by atoms with Gasteiger partial charge >= 0.3 is 5.69 Å². The van der Waals surface area contributed by atoms with Crippen LogP contribution in [0.3, 0.4) is 0 Å². The fraction of sp³-hybridized carbons (Fsp3) is 0.417. The molecule has 0 saturated carbocycles. The molecule has 18 heavy (non-hydrogen) atoms. The number of fused-ring (bicyclic) bond motifs is 1. The van der Waals surface area contributed by atoms with E-state index in [2.05, 4.69) is 10.3 Å². The normalized spacial score (nSPS) is 17.4. The van der Waals surface area contributed by atoms with Gasteiger partial charge in [0.1, 0.15) is 0 Å². The van der Waals surface area contributed by atoms with Gasteiger partial charge < -0.3 is 10.3 Å². The van der Waals surface area contributed by atoms with Gasteiger partial charge in [-0.3, -0.25) is 4.57 Å². The minimum absolute atomic E-state index is 0.0392.